The molecule has 0 amide bonds. The van der Waals surface area contributed by atoms with E-state index < -0.39 is 27.3 Å². The molecule has 24 heavy (non-hydrogen) atoms. The average molecular weight is 354 g/mol. The van der Waals surface area contributed by atoms with Crippen molar-refractivity contribution in [2.24, 2.45) is 0 Å². The summed E-state index contributed by atoms with van der Waals surface area (Å²) in [6.07, 6.45) is 0.575. The Morgan fingerprint density at radius 1 is 1.17 bits per heavy atom. The van der Waals surface area contributed by atoms with Gasteiger partial charge in [0.2, 0.25) is 10.0 Å². The lowest BCUT2D eigenvalue weighted by atomic mass is 10.2. The van der Waals surface area contributed by atoms with Gasteiger partial charge in [-0.1, -0.05) is 37.3 Å². The molecule has 0 bridgehead atoms. The highest BCUT2D eigenvalue weighted by molar-refractivity contribution is 7.89. The number of nitrogen functional groups attached to an aromatic ring is 1. The van der Waals surface area contributed by atoms with E-state index in [1.54, 1.807) is 6.92 Å². The number of nitrogens with two attached hydrogens (primary N) is 1. The first kappa shape index (κ1) is 18.4. The van der Waals surface area contributed by atoms with Crippen molar-refractivity contribution >= 4 is 15.7 Å². The molecular formula is C17H20F2N2O2S. The summed E-state index contributed by atoms with van der Waals surface area (Å²) in [4.78, 5) is -0.352. The van der Waals surface area contributed by atoms with Crippen molar-refractivity contribution in [3.8, 4) is 0 Å². The summed E-state index contributed by atoms with van der Waals surface area (Å²) >= 11 is 0. The van der Waals surface area contributed by atoms with Crippen molar-refractivity contribution in [1.82, 2.24) is 4.31 Å². The van der Waals surface area contributed by atoms with Crippen LogP contribution >= 0.6 is 0 Å². The molecule has 2 aromatic carbocycles. The maximum Gasteiger partial charge on any atom is 0.243 e. The third-order valence-electron chi connectivity index (χ3n) is 3.90. The van der Waals surface area contributed by atoms with Crippen molar-refractivity contribution in [2.75, 3.05) is 5.73 Å². The van der Waals surface area contributed by atoms with Crippen LogP contribution in [0.4, 0.5) is 14.5 Å². The molecule has 1 unspecified atom stereocenters. The lowest BCUT2D eigenvalue weighted by Crippen LogP contribution is -2.37. The summed E-state index contributed by atoms with van der Waals surface area (Å²) in [6, 6.07) is 10.4. The molecule has 0 aliphatic rings. The van der Waals surface area contributed by atoms with Crippen LogP contribution in [-0.4, -0.2) is 18.8 Å². The van der Waals surface area contributed by atoms with Crippen LogP contribution < -0.4 is 5.73 Å². The van der Waals surface area contributed by atoms with Crippen LogP contribution in [0.5, 0.6) is 0 Å². The molecule has 0 radical (unpaired) electrons. The quantitative estimate of drug-likeness (QED) is 0.807. The van der Waals surface area contributed by atoms with Gasteiger partial charge in [-0.15, -0.1) is 0 Å². The van der Waals surface area contributed by atoms with E-state index in [9.17, 15) is 17.2 Å². The fraction of sp³-hybridized carbons (Fsp3) is 0.294. The van der Waals surface area contributed by atoms with Crippen LogP contribution in [-0.2, 0) is 16.6 Å². The Morgan fingerprint density at radius 3 is 2.33 bits per heavy atom. The van der Waals surface area contributed by atoms with E-state index >= 15 is 0 Å². The van der Waals surface area contributed by atoms with Gasteiger partial charge in [0.25, 0.3) is 0 Å². The second-order valence-electron chi connectivity index (χ2n) is 5.60. The van der Waals surface area contributed by atoms with E-state index in [2.05, 4.69) is 0 Å². The Morgan fingerprint density at radius 2 is 1.79 bits per heavy atom. The average Bonchev–Trinajstić information content (AvgIpc) is 2.57. The summed E-state index contributed by atoms with van der Waals surface area (Å²) in [7, 11) is -4.03. The van der Waals surface area contributed by atoms with Crippen LogP contribution in [0.3, 0.4) is 0 Å². The zero-order valence-electron chi connectivity index (χ0n) is 13.5. The van der Waals surface area contributed by atoms with Gasteiger partial charge < -0.3 is 5.73 Å². The molecule has 2 N–H and O–H groups in total. The van der Waals surface area contributed by atoms with E-state index in [1.165, 1.54) is 4.31 Å². The lowest BCUT2D eigenvalue weighted by Gasteiger charge is -2.28. The van der Waals surface area contributed by atoms with Crippen LogP contribution in [0.1, 0.15) is 25.8 Å². The Balaban J connectivity index is 2.48. The second kappa shape index (κ2) is 7.27. The van der Waals surface area contributed by atoms with E-state index in [-0.39, 0.29) is 17.5 Å². The largest absolute Gasteiger partial charge is 0.396 e. The molecule has 2 aromatic rings. The zero-order chi connectivity index (χ0) is 17.9. The third kappa shape index (κ3) is 3.73. The normalized spacial score (nSPS) is 13.2. The van der Waals surface area contributed by atoms with Gasteiger partial charge >= 0.3 is 0 Å². The highest BCUT2D eigenvalue weighted by Gasteiger charge is 2.30. The van der Waals surface area contributed by atoms with Crippen LogP contribution in [0.15, 0.2) is 47.4 Å². The molecule has 7 heteroatoms. The van der Waals surface area contributed by atoms with Crippen molar-refractivity contribution in [3.05, 3.63) is 59.7 Å². The maximum atomic E-state index is 13.6. The van der Waals surface area contributed by atoms with Crippen molar-refractivity contribution < 1.29 is 17.2 Å². The van der Waals surface area contributed by atoms with Crippen molar-refractivity contribution in [2.45, 2.75) is 37.8 Å². The predicted molar refractivity (Wildman–Crippen MR) is 89.7 cm³/mol. The highest BCUT2D eigenvalue weighted by atomic mass is 32.2. The van der Waals surface area contributed by atoms with E-state index in [0.29, 0.717) is 12.5 Å². The Bertz CT molecular complexity index is 788. The molecule has 0 heterocycles. The highest BCUT2D eigenvalue weighted by Crippen LogP contribution is 2.26. The zero-order valence-corrected chi connectivity index (χ0v) is 14.4. The number of hydrogen-bond donors (Lipinski definition) is 1. The van der Waals surface area contributed by atoms with Crippen LogP contribution in [0.2, 0.25) is 0 Å². The van der Waals surface area contributed by atoms with Gasteiger partial charge in [0.1, 0.15) is 0 Å². The number of nitrogens with zero attached hydrogens (tertiary/aromatic N) is 1. The summed E-state index contributed by atoms with van der Waals surface area (Å²) in [5.74, 6) is -2.52. The van der Waals surface area contributed by atoms with Gasteiger partial charge in [-0.25, -0.2) is 17.2 Å². The fourth-order valence-electron chi connectivity index (χ4n) is 2.31. The van der Waals surface area contributed by atoms with Crippen molar-refractivity contribution in [3.63, 3.8) is 0 Å². The van der Waals surface area contributed by atoms with Crippen molar-refractivity contribution in [1.29, 1.82) is 0 Å². The fourth-order valence-corrected chi connectivity index (χ4v) is 4.05. The van der Waals surface area contributed by atoms with Gasteiger partial charge in [-0.05, 0) is 31.0 Å². The summed E-state index contributed by atoms with van der Waals surface area (Å²) in [5.41, 5.74) is 5.65. The number of hydrogen-bond acceptors (Lipinski definition) is 3. The second-order valence-corrected chi connectivity index (χ2v) is 7.49. The Kier molecular flexibility index (Phi) is 5.56. The predicted octanol–water partition coefficient (Wildman–Crippen LogP) is 3.54. The van der Waals surface area contributed by atoms with Crippen LogP contribution in [0, 0.1) is 11.6 Å². The third-order valence-corrected chi connectivity index (χ3v) is 5.84. The first-order chi connectivity index (χ1) is 11.3. The van der Waals surface area contributed by atoms with Gasteiger partial charge in [0.15, 0.2) is 11.6 Å². The molecule has 0 fully saturated rings. The standard InChI is InChI=1S/C17H20F2N2O2S/c1-3-12(2)21(11-13-7-5-4-6-8-13)24(22,23)14-9-15(18)17(19)16(20)10-14/h4-10,12H,3,11,20H2,1-2H3. The first-order valence-electron chi connectivity index (χ1n) is 7.57. The summed E-state index contributed by atoms with van der Waals surface area (Å²) in [6.45, 7) is 3.76. The molecule has 0 aliphatic heterocycles. The molecule has 0 saturated heterocycles. The molecule has 0 spiro atoms. The van der Waals surface area contributed by atoms with E-state index in [0.717, 1.165) is 11.6 Å². The number of anilines is 1. The minimum Gasteiger partial charge on any atom is -0.396 e. The first-order valence-corrected chi connectivity index (χ1v) is 9.01. The summed E-state index contributed by atoms with van der Waals surface area (Å²) < 4.78 is 54.1. The van der Waals surface area contributed by atoms with E-state index in [4.69, 9.17) is 5.73 Å². The smallest absolute Gasteiger partial charge is 0.243 e. The van der Waals surface area contributed by atoms with Gasteiger partial charge in [-0.2, -0.15) is 4.31 Å². The molecular weight excluding hydrogens is 334 g/mol. The number of rotatable bonds is 6. The minimum atomic E-state index is -4.03. The van der Waals surface area contributed by atoms with Gasteiger partial charge in [-0.3, -0.25) is 0 Å². The molecule has 2 rings (SSSR count). The number of sulfonamides is 1. The van der Waals surface area contributed by atoms with Gasteiger partial charge in [0.05, 0.1) is 10.6 Å². The van der Waals surface area contributed by atoms with Gasteiger partial charge in [0, 0.05) is 12.6 Å². The molecule has 0 aliphatic carbocycles. The molecule has 0 saturated carbocycles. The lowest BCUT2D eigenvalue weighted by molar-refractivity contribution is 0.322. The topological polar surface area (TPSA) is 63.4 Å². The molecule has 130 valence electrons. The monoisotopic (exact) mass is 354 g/mol. The number of halogens is 2. The Hall–Kier alpha value is -1.99. The van der Waals surface area contributed by atoms with Crippen LogP contribution in [0.25, 0.3) is 0 Å². The minimum absolute atomic E-state index is 0.136. The molecule has 0 aromatic heterocycles. The van der Waals surface area contributed by atoms with E-state index in [1.807, 2.05) is 37.3 Å². The summed E-state index contributed by atoms with van der Waals surface area (Å²) in [5, 5.41) is 0. The molecule has 1 atom stereocenters. The number of benzene rings is 2. The Labute approximate surface area is 141 Å². The maximum absolute atomic E-state index is 13.6. The SMILES string of the molecule is CCC(C)N(Cc1ccccc1)S(=O)(=O)c1cc(N)c(F)c(F)c1. The molecule has 4 nitrogen and oxygen atoms in total.